The fourth-order valence-corrected chi connectivity index (χ4v) is 3.13. The molecule has 100 valence electrons. The van der Waals surface area contributed by atoms with Gasteiger partial charge in [0.2, 0.25) is 0 Å². The van der Waals surface area contributed by atoms with Crippen LogP contribution in [0.3, 0.4) is 0 Å². The van der Waals surface area contributed by atoms with Gasteiger partial charge in [0, 0.05) is 12.0 Å². The van der Waals surface area contributed by atoms with Crippen LogP contribution in [0.1, 0.15) is 43.7 Å². The van der Waals surface area contributed by atoms with Gasteiger partial charge in [0.05, 0.1) is 6.10 Å². The van der Waals surface area contributed by atoms with Crippen molar-refractivity contribution in [1.82, 2.24) is 0 Å². The second kappa shape index (κ2) is 5.85. The summed E-state index contributed by atoms with van der Waals surface area (Å²) >= 11 is 0. The molecule has 1 aromatic rings. The maximum atomic E-state index is 10.5. The lowest BCUT2D eigenvalue weighted by Gasteiger charge is -2.33. The lowest BCUT2D eigenvalue weighted by atomic mass is 9.77. The SMILES string of the molecule is CCCCCC(O)C1(CN)Cc2ccccc2C1. The molecular weight excluding hydrogens is 222 g/mol. The van der Waals surface area contributed by atoms with Gasteiger partial charge in [0.25, 0.3) is 0 Å². The summed E-state index contributed by atoms with van der Waals surface area (Å²) in [5.74, 6) is 0. The molecule has 1 aromatic carbocycles. The number of rotatable bonds is 6. The van der Waals surface area contributed by atoms with Crippen molar-refractivity contribution >= 4 is 0 Å². The van der Waals surface area contributed by atoms with Crippen LogP contribution in [0.4, 0.5) is 0 Å². The molecule has 0 amide bonds. The van der Waals surface area contributed by atoms with Crippen LogP contribution in [0.2, 0.25) is 0 Å². The quantitative estimate of drug-likeness (QED) is 0.759. The molecule has 0 aromatic heterocycles. The predicted molar refractivity (Wildman–Crippen MR) is 75.5 cm³/mol. The molecule has 0 bridgehead atoms. The van der Waals surface area contributed by atoms with E-state index in [2.05, 4.69) is 31.2 Å². The molecule has 0 heterocycles. The number of hydrogen-bond acceptors (Lipinski definition) is 2. The summed E-state index contributed by atoms with van der Waals surface area (Å²) in [4.78, 5) is 0. The van der Waals surface area contributed by atoms with Crippen LogP contribution in [0.5, 0.6) is 0 Å². The molecule has 0 saturated heterocycles. The first-order valence-electron chi connectivity index (χ1n) is 7.17. The van der Waals surface area contributed by atoms with Crippen molar-refractivity contribution < 1.29 is 5.11 Å². The van der Waals surface area contributed by atoms with E-state index in [1.54, 1.807) is 0 Å². The number of unbranched alkanes of at least 4 members (excludes halogenated alkanes) is 2. The Kier molecular flexibility index (Phi) is 4.41. The molecule has 2 nitrogen and oxygen atoms in total. The topological polar surface area (TPSA) is 46.2 Å². The monoisotopic (exact) mass is 247 g/mol. The van der Waals surface area contributed by atoms with E-state index in [1.807, 2.05) is 0 Å². The first kappa shape index (κ1) is 13.6. The summed E-state index contributed by atoms with van der Waals surface area (Å²) in [6.07, 6.45) is 6.00. The average molecular weight is 247 g/mol. The fraction of sp³-hybridized carbons (Fsp3) is 0.625. The highest BCUT2D eigenvalue weighted by atomic mass is 16.3. The Hall–Kier alpha value is -0.860. The minimum atomic E-state index is -0.263. The summed E-state index contributed by atoms with van der Waals surface area (Å²) in [5.41, 5.74) is 8.63. The highest BCUT2D eigenvalue weighted by Gasteiger charge is 2.41. The van der Waals surface area contributed by atoms with Crippen molar-refractivity contribution in [3.63, 3.8) is 0 Å². The molecule has 1 unspecified atom stereocenters. The van der Waals surface area contributed by atoms with Gasteiger partial charge in [-0.05, 0) is 30.4 Å². The van der Waals surface area contributed by atoms with Gasteiger partial charge >= 0.3 is 0 Å². The lowest BCUT2D eigenvalue weighted by molar-refractivity contribution is 0.0285. The molecule has 3 N–H and O–H groups in total. The van der Waals surface area contributed by atoms with Crippen molar-refractivity contribution in [3.8, 4) is 0 Å². The number of nitrogens with two attached hydrogens (primary N) is 1. The van der Waals surface area contributed by atoms with Crippen molar-refractivity contribution in [2.75, 3.05) is 6.54 Å². The van der Waals surface area contributed by atoms with Crippen LogP contribution < -0.4 is 5.73 Å². The zero-order valence-corrected chi connectivity index (χ0v) is 11.4. The molecule has 1 aliphatic carbocycles. The highest BCUT2D eigenvalue weighted by Crippen LogP contribution is 2.40. The van der Waals surface area contributed by atoms with E-state index in [-0.39, 0.29) is 11.5 Å². The Labute approximate surface area is 110 Å². The third-order valence-electron chi connectivity index (χ3n) is 4.40. The molecule has 0 saturated carbocycles. The largest absolute Gasteiger partial charge is 0.392 e. The zero-order valence-electron chi connectivity index (χ0n) is 11.4. The van der Waals surface area contributed by atoms with Gasteiger partial charge in [-0.25, -0.2) is 0 Å². The number of aliphatic hydroxyl groups excluding tert-OH is 1. The van der Waals surface area contributed by atoms with Gasteiger partial charge < -0.3 is 10.8 Å². The molecule has 0 spiro atoms. The molecule has 1 atom stereocenters. The van der Waals surface area contributed by atoms with Crippen LogP contribution in [0.25, 0.3) is 0 Å². The van der Waals surface area contributed by atoms with Gasteiger partial charge in [-0.1, -0.05) is 50.5 Å². The van der Waals surface area contributed by atoms with Gasteiger partial charge in [-0.15, -0.1) is 0 Å². The minimum Gasteiger partial charge on any atom is -0.392 e. The first-order chi connectivity index (χ1) is 8.72. The Morgan fingerprint density at radius 2 is 1.83 bits per heavy atom. The normalized spacial score (nSPS) is 18.6. The molecule has 18 heavy (non-hydrogen) atoms. The second-order valence-corrected chi connectivity index (χ2v) is 5.70. The van der Waals surface area contributed by atoms with E-state index in [0.717, 1.165) is 25.7 Å². The van der Waals surface area contributed by atoms with Crippen LogP contribution in [0, 0.1) is 5.41 Å². The Bertz CT molecular complexity index is 363. The maximum Gasteiger partial charge on any atom is 0.0614 e. The summed E-state index contributed by atoms with van der Waals surface area (Å²) in [6.45, 7) is 2.77. The van der Waals surface area contributed by atoms with E-state index in [4.69, 9.17) is 5.73 Å². The molecular formula is C16H25NO. The average Bonchev–Trinajstić information content (AvgIpc) is 2.78. The third-order valence-corrected chi connectivity index (χ3v) is 4.40. The molecule has 2 rings (SSSR count). The highest BCUT2D eigenvalue weighted by molar-refractivity contribution is 5.35. The predicted octanol–water partition coefficient (Wildman–Crippen LogP) is 2.67. The number of aliphatic hydroxyl groups is 1. The summed E-state index contributed by atoms with van der Waals surface area (Å²) in [5, 5.41) is 10.5. The molecule has 0 radical (unpaired) electrons. The van der Waals surface area contributed by atoms with Crippen molar-refractivity contribution in [2.45, 2.75) is 51.6 Å². The smallest absolute Gasteiger partial charge is 0.0614 e. The Morgan fingerprint density at radius 3 is 2.33 bits per heavy atom. The standard InChI is InChI=1S/C16H25NO/c1-2-3-4-9-15(18)16(12-17)10-13-7-5-6-8-14(13)11-16/h5-8,15,18H,2-4,9-12,17H2,1H3. The number of benzene rings is 1. The van der Waals surface area contributed by atoms with E-state index in [0.29, 0.717) is 6.54 Å². The molecule has 2 heteroatoms. The van der Waals surface area contributed by atoms with Crippen LogP contribution in [-0.2, 0) is 12.8 Å². The summed E-state index contributed by atoms with van der Waals surface area (Å²) in [6, 6.07) is 8.50. The summed E-state index contributed by atoms with van der Waals surface area (Å²) in [7, 11) is 0. The lowest BCUT2D eigenvalue weighted by Crippen LogP contribution is -2.42. The van der Waals surface area contributed by atoms with Gasteiger partial charge in [-0.2, -0.15) is 0 Å². The van der Waals surface area contributed by atoms with E-state index < -0.39 is 0 Å². The van der Waals surface area contributed by atoms with Crippen LogP contribution in [0.15, 0.2) is 24.3 Å². The van der Waals surface area contributed by atoms with E-state index in [1.165, 1.54) is 24.0 Å². The van der Waals surface area contributed by atoms with E-state index >= 15 is 0 Å². The third kappa shape index (κ3) is 2.60. The summed E-state index contributed by atoms with van der Waals surface area (Å²) < 4.78 is 0. The first-order valence-corrected chi connectivity index (χ1v) is 7.17. The number of fused-ring (bicyclic) bond motifs is 1. The molecule has 0 fully saturated rings. The van der Waals surface area contributed by atoms with Crippen molar-refractivity contribution in [2.24, 2.45) is 11.1 Å². The Balaban J connectivity index is 2.05. The van der Waals surface area contributed by atoms with E-state index in [9.17, 15) is 5.11 Å². The van der Waals surface area contributed by atoms with Crippen molar-refractivity contribution in [3.05, 3.63) is 35.4 Å². The fourth-order valence-electron chi connectivity index (χ4n) is 3.13. The molecule has 0 aliphatic heterocycles. The Morgan fingerprint density at radius 1 is 1.22 bits per heavy atom. The maximum absolute atomic E-state index is 10.5. The second-order valence-electron chi connectivity index (χ2n) is 5.70. The van der Waals surface area contributed by atoms with Crippen LogP contribution >= 0.6 is 0 Å². The molecule has 1 aliphatic rings. The van der Waals surface area contributed by atoms with Gasteiger partial charge in [-0.3, -0.25) is 0 Å². The van der Waals surface area contributed by atoms with Crippen molar-refractivity contribution in [1.29, 1.82) is 0 Å². The van der Waals surface area contributed by atoms with Crippen LogP contribution in [-0.4, -0.2) is 17.8 Å². The van der Waals surface area contributed by atoms with Gasteiger partial charge in [0.1, 0.15) is 0 Å². The van der Waals surface area contributed by atoms with Gasteiger partial charge in [0.15, 0.2) is 0 Å². The number of hydrogen-bond donors (Lipinski definition) is 2. The zero-order chi connectivity index (χ0) is 13.0. The minimum absolute atomic E-state index is 0.114.